The zero-order valence-electron chi connectivity index (χ0n) is 76.5. The minimum atomic E-state index is -0.993. The first kappa shape index (κ1) is 117. The summed E-state index contributed by atoms with van der Waals surface area (Å²) in [6.45, 7) is 15.5. The number of hydrogen-bond acceptors (Lipinski definition) is 28. The highest BCUT2D eigenvalue weighted by Crippen LogP contribution is 2.29. The third kappa shape index (κ3) is 71.0. The van der Waals surface area contributed by atoms with Gasteiger partial charge in [-0.2, -0.15) is 0 Å². The molecule has 7 N–H and O–H groups in total. The van der Waals surface area contributed by atoms with Gasteiger partial charge in [0.1, 0.15) is 42.1 Å². The number of ketones is 5. The van der Waals surface area contributed by atoms with Crippen LogP contribution >= 0.6 is 0 Å². The van der Waals surface area contributed by atoms with E-state index in [1.165, 1.54) is 20.8 Å². The molecule has 0 radical (unpaired) electrons. The van der Waals surface area contributed by atoms with Crippen LogP contribution in [-0.2, 0) is 137 Å². The lowest BCUT2D eigenvalue weighted by molar-refractivity contribution is -0.139. The maximum absolute atomic E-state index is 13.6. The van der Waals surface area contributed by atoms with E-state index >= 15 is 0 Å². The van der Waals surface area contributed by atoms with Crippen molar-refractivity contribution in [3.05, 3.63) is 71.8 Å². The van der Waals surface area contributed by atoms with E-state index in [-0.39, 0.29) is 275 Å². The Morgan fingerprint density at radius 2 is 0.547 bits per heavy atom. The number of nitrogens with one attached hydrogen (secondary N) is 4. The summed E-state index contributed by atoms with van der Waals surface area (Å²) < 4.78 is 79.4. The standard InChI is InChI=1S/C47H77N3O14.C44H71N3O17/c1-5-6-15-45(56)50(24-22-49-46(57)64-35-42-13-8-7-9-14-42)23-21-48-44(55)17-16-43(54)34-47(36-61-28-10-25-58-31-18-39(2)51,37-62-29-11-26-59-32-19-40(3)52)38-63-30-12-27-60-33-20-41(4)53;1-2-3-12-39(50)47(21-19-46-43(57)64-32-36-10-5-4-6-11-36)20-18-45-38(49)14-13-37(48)31-44(33-61-25-7-22-58-28-15-40(51)52,34-62-26-8-23-59-29-16-41(53)54)35-63-27-9-24-60-30-17-42(55)56/h7-9,13-14H,5-6,10-12,15-38H2,1-4H3,(H,48,55)(H,49,57);4-6,10-11H,2-3,7-9,12-35H2,1H3,(H,45,49)(H,46,57)(H,51,52)(H,53,54)(H,55,56). The number of rotatable bonds is 86. The second-order valence-electron chi connectivity index (χ2n) is 31.0. The third-order valence-electron chi connectivity index (χ3n) is 18.8. The van der Waals surface area contributed by atoms with Crippen molar-refractivity contribution < 1.29 is 149 Å². The van der Waals surface area contributed by atoms with Crippen LogP contribution in [-0.4, -0.2) is 319 Å². The van der Waals surface area contributed by atoms with Crippen molar-refractivity contribution in [2.24, 2.45) is 10.8 Å². The predicted molar refractivity (Wildman–Crippen MR) is 470 cm³/mol. The fraction of sp³-hybridized carbons (Fsp3) is 0.714. The molecule has 37 nitrogen and oxygen atoms in total. The van der Waals surface area contributed by atoms with Gasteiger partial charge in [0, 0.05) is 213 Å². The molecule has 2 aromatic carbocycles. The van der Waals surface area contributed by atoms with Crippen molar-refractivity contribution >= 4 is 82.6 Å². The van der Waals surface area contributed by atoms with E-state index in [1.54, 1.807) is 9.80 Å². The Labute approximate surface area is 754 Å². The summed E-state index contributed by atoms with van der Waals surface area (Å²) in [6, 6.07) is 18.5. The van der Waals surface area contributed by atoms with Crippen molar-refractivity contribution in [1.29, 1.82) is 0 Å². The monoisotopic (exact) mass is 1820 g/mol. The van der Waals surface area contributed by atoms with E-state index in [9.17, 15) is 67.1 Å². The summed E-state index contributed by atoms with van der Waals surface area (Å²) in [5.74, 6) is -4.12. The number of carbonyl (C=O) groups is 14. The van der Waals surface area contributed by atoms with Crippen molar-refractivity contribution in [3.8, 4) is 0 Å². The molecule has 128 heavy (non-hydrogen) atoms. The second-order valence-corrected chi connectivity index (χ2v) is 31.0. The summed E-state index contributed by atoms with van der Waals surface area (Å²) in [5.41, 5.74) is -0.194. The largest absolute Gasteiger partial charge is 0.481 e. The van der Waals surface area contributed by atoms with Gasteiger partial charge in [-0.05, 0) is 83.3 Å². The van der Waals surface area contributed by atoms with E-state index in [1.807, 2.05) is 74.5 Å². The van der Waals surface area contributed by atoms with Crippen molar-refractivity contribution in [2.45, 2.75) is 202 Å². The number of benzene rings is 2. The lowest BCUT2D eigenvalue weighted by Crippen LogP contribution is -2.43. The van der Waals surface area contributed by atoms with Gasteiger partial charge in [0.15, 0.2) is 0 Å². The molecular formula is C91H148N6O31. The second kappa shape index (κ2) is 79.1. The minimum Gasteiger partial charge on any atom is -0.481 e. The number of carboxylic acid groups (broad SMARTS) is 3. The highest BCUT2D eigenvalue weighted by molar-refractivity contribution is 5.86. The number of carboxylic acids is 3. The molecule has 0 atom stereocenters. The smallest absolute Gasteiger partial charge is 0.407 e. The Bertz CT molecular complexity index is 2990. The minimum absolute atomic E-state index is 0.0140. The molecule has 0 unspecified atom stereocenters. The molecule has 0 aliphatic rings. The van der Waals surface area contributed by atoms with Gasteiger partial charge in [-0.3, -0.25) is 57.5 Å². The van der Waals surface area contributed by atoms with Crippen LogP contribution in [0.3, 0.4) is 0 Å². The van der Waals surface area contributed by atoms with Gasteiger partial charge in [0.05, 0.1) is 98.5 Å². The zero-order chi connectivity index (χ0) is 94.2. The summed E-state index contributed by atoms with van der Waals surface area (Å²) in [4.78, 5) is 173. The lowest BCUT2D eigenvalue weighted by atomic mass is 9.84. The highest BCUT2D eigenvalue weighted by Gasteiger charge is 2.36. The van der Waals surface area contributed by atoms with Gasteiger partial charge < -0.3 is 113 Å². The Balaban J connectivity index is 0.00000128. The number of unbranched alkanes of at least 4 members (excludes halogenated alkanes) is 2. The maximum atomic E-state index is 13.6. The Kier molecular flexibility index (Phi) is 72.4. The van der Waals surface area contributed by atoms with Crippen LogP contribution in [0.5, 0.6) is 0 Å². The molecule has 0 spiro atoms. The normalized spacial score (nSPS) is 11.2. The zero-order valence-corrected chi connectivity index (χ0v) is 76.5. The van der Waals surface area contributed by atoms with Crippen molar-refractivity contribution in [1.82, 2.24) is 31.1 Å². The number of nitrogens with zero attached hydrogens (tertiary/aromatic N) is 2. The molecule has 0 bridgehead atoms. The molecule has 0 aliphatic carbocycles. The lowest BCUT2D eigenvalue weighted by Gasteiger charge is -2.33. The maximum Gasteiger partial charge on any atom is 0.407 e. The van der Waals surface area contributed by atoms with Crippen LogP contribution in [0.2, 0.25) is 0 Å². The van der Waals surface area contributed by atoms with E-state index in [4.69, 9.17) is 81.6 Å². The molecule has 0 fully saturated rings. The number of alkyl carbamates (subject to hydrolysis) is 2. The topological polar surface area (TPSA) is 483 Å². The summed E-state index contributed by atoms with van der Waals surface area (Å²) >= 11 is 0. The van der Waals surface area contributed by atoms with E-state index in [0.29, 0.717) is 143 Å². The van der Waals surface area contributed by atoms with Crippen LogP contribution in [0.15, 0.2) is 60.7 Å². The average Bonchev–Trinajstić information content (AvgIpc) is 0.857. The molecule has 728 valence electrons. The molecule has 2 rings (SSSR count). The average molecular weight is 1820 g/mol. The number of Topliss-reactive ketones (excluding diaryl/α,β-unsaturated/α-hetero) is 5. The fourth-order valence-corrected chi connectivity index (χ4v) is 11.8. The van der Waals surface area contributed by atoms with E-state index < -0.39 is 40.9 Å². The first-order valence-electron chi connectivity index (χ1n) is 44.8. The molecule has 2 aromatic rings. The van der Waals surface area contributed by atoms with Gasteiger partial charge in [0.2, 0.25) is 23.6 Å². The van der Waals surface area contributed by atoms with Gasteiger partial charge in [0.25, 0.3) is 0 Å². The summed E-state index contributed by atoms with van der Waals surface area (Å²) in [7, 11) is 0. The number of ether oxygens (including phenoxy) is 14. The van der Waals surface area contributed by atoms with Gasteiger partial charge in [-0.1, -0.05) is 87.4 Å². The highest BCUT2D eigenvalue weighted by atomic mass is 16.6. The first-order chi connectivity index (χ1) is 61.7. The molecule has 6 amide bonds. The first-order valence-corrected chi connectivity index (χ1v) is 44.8. The SMILES string of the molecule is CCCCC(=O)N(CCNC(=O)CCC(=O)CC(COCCCOCCC(=O)O)(COCCCOCCC(=O)O)COCCCOCCC(=O)O)CCNC(=O)OCc1ccccc1.CCCCC(=O)N(CCNC(=O)CCC(=O)CC(COCCCOCCC(C)=O)(COCCCOCCC(C)=O)COCCCOCCC(C)=O)CCNC(=O)OCc1ccccc1. The summed E-state index contributed by atoms with van der Waals surface area (Å²) in [6.07, 6.45) is 5.82. The van der Waals surface area contributed by atoms with Crippen LogP contribution in [0.25, 0.3) is 0 Å². The molecule has 0 saturated heterocycles. The van der Waals surface area contributed by atoms with Crippen LogP contribution in [0.4, 0.5) is 9.59 Å². The number of hydrogen-bond donors (Lipinski definition) is 7. The molecule has 37 heteroatoms. The van der Waals surface area contributed by atoms with E-state index in [0.717, 1.165) is 24.0 Å². The summed E-state index contributed by atoms with van der Waals surface area (Å²) in [5, 5.41) is 37.4. The Morgan fingerprint density at radius 3 is 0.797 bits per heavy atom. The molecule has 0 aromatic heterocycles. The molecular weight excluding hydrogens is 1670 g/mol. The fourth-order valence-electron chi connectivity index (χ4n) is 11.8. The quantitative estimate of drug-likeness (QED) is 0.0305. The van der Waals surface area contributed by atoms with Gasteiger partial charge in [-0.15, -0.1) is 0 Å². The number of aliphatic carboxylic acids is 3. The Hall–Kier alpha value is -8.86. The number of carbonyl (C=O) groups excluding carboxylic acids is 11. The molecule has 0 saturated carbocycles. The van der Waals surface area contributed by atoms with Crippen LogP contribution < -0.4 is 21.3 Å². The Morgan fingerprint density at radius 1 is 0.297 bits per heavy atom. The van der Waals surface area contributed by atoms with Gasteiger partial charge >= 0.3 is 30.1 Å². The van der Waals surface area contributed by atoms with E-state index in [2.05, 4.69) is 21.3 Å². The third-order valence-corrected chi connectivity index (χ3v) is 18.8. The van der Waals surface area contributed by atoms with Crippen molar-refractivity contribution in [3.63, 3.8) is 0 Å². The predicted octanol–water partition coefficient (Wildman–Crippen LogP) is 8.45. The molecule has 0 heterocycles. The van der Waals surface area contributed by atoms with Crippen LogP contribution in [0.1, 0.15) is 200 Å². The van der Waals surface area contributed by atoms with Crippen LogP contribution in [0, 0.1) is 10.8 Å². The van der Waals surface area contributed by atoms with Crippen molar-refractivity contribution in [2.75, 3.05) is 211 Å². The number of amides is 6. The van der Waals surface area contributed by atoms with Gasteiger partial charge in [-0.25, -0.2) is 9.59 Å². The molecule has 0 aliphatic heterocycles.